The topological polar surface area (TPSA) is 117 Å². The van der Waals surface area contributed by atoms with Gasteiger partial charge in [-0.15, -0.1) is 0 Å². The highest BCUT2D eigenvalue weighted by atomic mass is 32.1. The minimum Gasteiger partial charge on any atom is -0.395 e. The van der Waals surface area contributed by atoms with Gasteiger partial charge >= 0.3 is 6.03 Å². The standard InChI is InChI=1S/C24H23N5O3S.C8H17NO/c1-14-4-9-18-19(10-14)33-23-26-17(12-29(18)23)15-5-7-16(8-6-15)25-22(31)27-21-11-20(32-28-21)24(2,3)13-30;1-10-8-7-9-5-3-2-4-6-9/h4-12,30H,13H2,1-3H3,(H2,25,27,28,31);2-8H2,1H3. The minimum atomic E-state index is -0.577. The number of piperidine rings is 1. The van der Waals surface area contributed by atoms with Crippen LogP contribution in [0.5, 0.6) is 0 Å². The van der Waals surface area contributed by atoms with E-state index < -0.39 is 11.4 Å². The number of ether oxygens (including phenoxy) is 1. The average molecular weight is 605 g/mol. The van der Waals surface area contributed by atoms with Crippen LogP contribution in [0.2, 0.25) is 0 Å². The number of carbonyl (C=O) groups excluding carboxylic acids is 1. The van der Waals surface area contributed by atoms with Crippen molar-refractivity contribution in [1.29, 1.82) is 0 Å². The predicted octanol–water partition coefficient (Wildman–Crippen LogP) is 6.55. The maximum Gasteiger partial charge on any atom is 0.324 e. The molecular weight excluding hydrogens is 564 g/mol. The molecule has 0 radical (unpaired) electrons. The minimum absolute atomic E-state index is 0.0925. The number of likely N-dealkylation sites (tertiary alicyclic amines) is 1. The monoisotopic (exact) mass is 604 g/mol. The number of rotatable bonds is 8. The molecule has 3 N–H and O–H groups in total. The van der Waals surface area contributed by atoms with Crippen LogP contribution < -0.4 is 10.6 Å². The van der Waals surface area contributed by atoms with Gasteiger partial charge in [-0.05, 0) is 62.7 Å². The van der Waals surface area contributed by atoms with E-state index in [0.717, 1.165) is 34.9 Å². The third kappa shape index (κ3) is 7.61. The number of methoxy groups -OCH3 is 1. The molecule has 1 fully saturated rings. The van der Waals surface area contributed by atoms with Gasteiger partial charge in [-0.1, -0.05) is 55.0 Å². The summed E-state index contributed by atoms with van der Waals surface area (Å²) in [7, 11) is 1.77. The van der Waals surface area contributed by atoms with Crippen molar-refractivity contribution in [2.24, 2.45) is 0 Å². The number of hydrogen-bond donors (Lipinski definition) is 3. The second kappa shape index (κ2) is 13.7. The summed E-state index contributed by atoms with van der Waals surface area (Å²) in [6.45, 7) is 10.2. The maximum atomic E-state index is 12.3. The molecule has 43 heavy (non-hydrogen) atoms. The number of aromatic nitrogens is 3. The Hall–Kier alpha value is -3.77. The van der Waals surface area contributed by atoms with Crippen molar-refractivity contribution in [3.05, 3.63) is 66.1 Å². The van der Waals surface area contributed by atoms with Crippen LogP contribution >= 0.6 is 11.3 Å². The van der Waals surface area contributed by atoms with Crippen molar-refractivity contribution in [2.45, 2.75) is 45.4 Å². The van der Waals surface area contributed by atoms with Gasteiger partial charge in [-0.25, -0.2) is 9.78 Å². The molecule has 1 aliphatic heterocycles. The highest BCUT2D eigenvalue weighted by Crippen LogP contribution is 2.30. The molecule has 5 aromatic rings. The zero-order valence-corrected chi connectivity index (χ0v) is 26.0. The second-order valence-corrected chi connectivity index (χ2v) is 12.5. The van der Waals surface area contributed by atoms with Gasteiger partial charge in [0.2, 0.25) is 0 Å². The van der Waals surface area contributed by atoms with Gasteiger partial charge in [0.05, 0.1) is 29.1 Å². The Bertz CT molecular complexity index is 1650. The molecule has 0 saturated carbocycles. The Kier molecular flexibility index (Phi) is 9.76. The van der Waals surface area contributed by atoms with Crippen molar-refractivity contribution in [3.63, 3.8) is 0 Å². The fraction of sp³-hybridized carbons (Fsp3) is 0.406. The number of fused-ring (bicyclic) bond motifs is 3. The lowest BCUT2D eigenvalue weighted by Gasteiger charge is -2.25. The SMILES string of the molecule is COCCN1CCCCC1.Cc1ccc2c(c1)sc1nc(-c3ccc(NC(=O)Nc4cc(C(C)(C)CO)on4)cc3)cn12. The van der Waals surface area contributed by atoms with Crippen LogP contribution in [0.3, 0.4) is 0 Å². The van der Waals surface area contributed by atoms with E-state index in [1.54, 1.807) is 24.5 Å². The van der Waals surface area contributed by atoms with Crippen LogP contribution in [0.25, 0.3) is 26.4 Å². The molecule has 0 unspecified atom stereocenters. The molecule has 11 heteroatoms. The Morgan fingerprint density at radius 2 is 1.86 bits per heavy atom. The van der Waals surface area contributed by atoms with Crippen LogP contribution in [0, 0.1) is 6.92 Å². The number of nitrogens with zero attached hydrogens (tertiary/aromatic N) is 4. The molecule has 0 atom stereocenters. The molecular formula is C32H40N6O4S. The molecule has 4 heterocycles. The van der Waals surface area contributed by atoms with E-state index in [0.29, 0.717) is 11.4 Å². The number of urea groups is 1. The molecule has 3 aromatic heterocycles. The number of carbonyl (C=O) groups is 1. The number of amides is 2. The van der Waals surface area contributed by atoms with Gasteiger partial charge in [0.1, 0.15) is 5.76 Å². The van der Waals surface area contributed by atoms with Crippen molar-refractivity contribution in [3.8, 4) is 11.3 Å². The quantitative estimate of drug-likeness (QED) is 0.184. The zero-order chi connectivity index (χ0) is 30.4. The van der Waals surface area contributed by atoms with E-state index in [1.165, 1.54) is 42.6 Å². The van der Waals surface area contributed by atoms with E-state index in [-0.39, 0.29) is 12.4 Å². The third-order valence-electron chi connectivity index (χ3n) is 7.56. The van der Waals surface area contributed by atoms with Crippen molar-refractivity contribution in [2.75, 3.05) is 50.6 Å². The predicted molar refractivity (Wildman–Crippen MR) is 172 cm³/mol. The first kappa shape index (κ1) is 30.7. The Balaban J connectivity index is 0.000000314. The summed E-state index contributed by atoms with van der Waals surface area (Å²) in [5.41, 5.74) is 4.28. The lowest BCUT2D eigenvalue weighted by molar-refractivity contribution is 0.135. The number of hydrogen-bond acceptors (Lipinski definition) is 8. The highest BCUT2D eigenvalue weighted by Gasteiger charge is 2.25. The number of nitrogens with one attached hydrogen (secondary N) is 2. The number of benzene rings is 2. The summed E-state index contributed by atoms with van der Waals surface area (Å²) in [5.74, 6) is 0.772. The van der Waals surface area contributed by atoms with E-state index in [9.17, 15) is 9.90 Å². The molecule has 2 aromatic carbocycles. The molecule has 2 amide bonds. The lowest BCUT2D eigenvalue weighted by Crippen LogP contribution is -2.32. The lowest BCUT2D eigenvalue weighted by atomic mass is 9.92. The van der Waals surface area contributed by atoms with Gasteiger partial charge in [0, 0.05) is 42.6 Å². The molecule has 228 valence electrons. The average Bonchev–Trinajstić information content (AvgIpc) is 3.72. The zero-order valence-electron chi connectivity index (χ0n) is 25.2. The molecule has 10 nitrogen and oxygen atoms in total. The van der Waals surface area contributed by atoms with E-state index in [2.05, 4.69) is 50.2 Å². The second-order valence-electron chi connectivity index (χ2n) is 11.5. The molecule has 0 bridgehead atoms. The van der Waals surface area contributed by atoms with Gasteiger partial charge in [0.25, 0.3) is 0 Å². The highest BCUT2D eigenvalue weighted by molar-refractivity contribution is 7.23. The number of aliphatic hydroxyl groups excluding tert-OH is 1. The summed E-state index contributed by atoms with van der Waals surface area (Å²) < 4.78 is 13.6. The number of thiazole rings is 1. The van der Waals surface area contributed by atoms with Crippen LogP contribution in [0.15, 0.2) is 59.3 Å². The first-order valence-electron chi connectivity index (χ1n) is 14.6. The summed E-state index contributed by atoms with van der Waals surface area (Å²) in [6.07, 6.45) is 6.21. The fourth-order valence-corrected chi connectivity index (χ4v) is 5.99. The number of aryl methyl sites for hydroxylation is 1. The summed E-state index contributed by atoms with van der Waals surface area (Å²) in [4.78, 5) is 20.5. The van der Waals surface area contributed by atoms with Crippen LogP contribution in [-0.2, 0) is 10.2 Å². The first-order chi connectivity index (χ1) is 20.8. The van der Waals surface area contributed by atoms with Gasteiger partial charge in [-0.3, -0.25) is 9.72 Å². The number of imidazole rings is 1. The van der Waals surface area contributed by atoms with Crippen molar-refractivity contribution in [1.82, 2.24) is 19.4 Å². The fourth-order valence-electron chi connectivity index (χ4n) is 4.88. The summed E-state index contributed by atoms with van der Waals surface area (Å²) in [6, 6.07) is 15.1. The normalized spacial score (nSPS) is 14.1. The summed E-state index contributed by atoms with van der Waals surface area (Å²) in [5, 5.41) is 18.7. The van der Waals surface area contributed by atoms with Crippen molar-refractivity contribution < 1.29 is 19.2 Å². The van der Waals surface area contributed by atoms with Gasteiger partial charge < -0.3 is 24.6 Å². The largest absolute Gasteiger partial charge is 0.395 e. The van der Waals surface area contributed by atoms with E-state index in [1.807, 2.05) is 44.3 Å². The van der Waals surface area contributed by atoms with Crippen LogP contribution in [0.4, 0.5) is 16.3 Å². The van der Waals surface area contributed by atoms with Crippen LogP contribution in [0.1, 0.15) is 44.4 Å². The van der Waals surface area contributed by atoms with E-state index >= 15 is 0 Å². The van der Waals surface area contributed by atoms with E-state index in [4.69, 9.17) is 14.2 Å². The molecule has 1 saturated heterocycles. The number of aliphatic hydroxyl groups is 1. The van der Waals surface area contributed by atoms with Crippen molar-refractivity contribution >= 4 is 44.1 Å². The number of anilines is 2. The molecule has 1 aliphatic rings. The Labute approximate surface area is 255 Å². The molecule has 6 rings (SSSR count). The Morgan fingerprint density at radius 3 is 2.58 bits per heavy atom. The smallest absolute Gasteiger partial charge is 0.324 e. The van der Waals surface area contributed by atoms with Crippen LogP contribution in [-0.4, -0.2) is 70.5 Å². The molecule has 0 spiro atoms. The van der Waals surface area contributed by atoms with Gasteiger partial charge in [-0.2, -0.15) is 0 Å². The van der Waals surface area contributed by atoms with Gasteiger partial charge in [0.15, 0.2) is 10.8 Å². The third-order valence-corrected chi connectivity index (χ3v) is 8.58. The Morgan fingerprint density at radius 1 is 1.09 bits per heavy atom. The molecule has 0 aliphatic carbocycles. The maximum absolute atomic E-state index is 12.3. The summed E-state index contributed by atoms with van der Waals surface area (Å²) >= 11 is 1.67. The first-order valence-corrected chi connectivity index (χ1v) is 15.4.